The summed E-state index contributed by atoms with van der Waals surface area (Å²) in [7, 11) is -3.56. The van der Waals surface area contributed by atoms with E-state index in [4.69, 9.17) is 21.7 Å². The summed E-state index contributed by atoms with van der Waals surface area (Å²) in [6, 6.07) is 13.0. The molecule has 160 valence electrons. The van der Waals surface area contributed by atoms with Crippen molar-refractivity contribution < 1.29 is 22.7 Å². The van der Waals surface area contributed by atoms with E-state index < -0.39 is 10.0 Å². The van der Waals surface area contributed by atoms with E-state index in [0.717, 1.165) is 0 Å². The fourth-order valence-corrected chi connectivity index (χ4v) is 4.50. The van der Waals surface area contributed by atoms with Gasteiger partial charge in [0.2, 0.25) is 10.0 Å². The molecule has 1 fully saturated rings. The van der Waals surface area contributed by atoms with Gasteiger partial charge in [-0.3, -0.25) is 10.1 Å². The van der Waals surface area contributed by atoms with Crippen molar-refractivity contribution in [2.75, 3.05) is 38.2 Å². The Morgan fingerprint density at radius 1 is 1.17 bits per heavy atom. The third kappa shape index (κ3) is 5.54. The van der Waals surface area contributed by atoms with E-state index in [9.17, 15) is 13.2 Å². The highest BCUT2D eigenvalue weighted by molar-refractivity contribution is 7.89. The molecular formula is C20H23N3O5S2. The molecule has 1 amide bonds. The van der Waals surface area contributed by atoms with Gasteiger partial charge in [0, 0.05) is 24.3 Å². The van der Waals surface area contributed by atoms with Gasteiger partial charge in [0.25, 0.3) is 5.91 Å². The third-order valence-corrected chi connectivity index (χ3v) is 6.47. The molecule has 3 rings (SSSR count). The number of anilines is 1. The summed E-state index contributed by atoms with van der Waals surface area (Å²) in [5.41, 5.74) is 0.973. The smallest absolute Gasteiger partial charge is 0.257 e. The molecule has 30 heavy (non-hydrogen) atoms. The number of sulfonamides is 1. The van der Waals surface area contributed by atoms with Gasteiger partial charge < -0.3 is 14.8 Å². The van der Waals surface area contributed by atoms with Gasteiger partial charge in [-0.1, -0.05) is 6.07 Å². The SMILES string of the molecule is CCOc1cccc(C(=O)NC(=S)Nc2ccc(S(=O)(=O)N3CCOCC3)cc2)c1. The largest absolute Gasteiger partial charge is 0.494 e. The molecule has 0 spiro atoms. The molecule has 1 aliphatic heterocycles. The van der Waals surface area contributed by atoms with E-state index in [1.165, 1.54) is 16.4 Å². The molecule has 2 aromatic rings. The van der Waals surface area contributed by atoms with Crippen molar-refractivity contribution in [2.24, 2.45) is 0 Å². The van der Waals surface area contributed by atoms with Crippen LogP contribution in [0.1, 0.15) is 17.3 Å². The van der Waals surface area contributed by atoms with Crippen molar-refractivity contribution in [2.45, 2.75) is 11.8 Å². The Hall–Kier alpha value is -2.53. The average Bonchev–Trinajstić information content (AvgIpc) is 2.75. The Balaban J connectivity index is 1.60. The van der Waals surface area contributed by atoms with Crippen LogP contribution in [0.3, 0.4) is 0 Å². The molecule has 0 bridgehead atoms. The monoisotopic (exact) mass is 449 g/mol. The lowest BCUT2D eigenvalue weighted by Gasteiger charge is -2.26. The molecule has 1 heterocycles. The molecule has 0 aliphatic carbocycles. The zero-order valence-corrected chi connectivity index (χ0v) is 18.1. The first-order valence-electron chi connectivity index (χ1n) is 9.43. The molecule has 2 N–H and O–H groups in total. The lowest BCUT2D eigenvalue weighted by atomic mass is 10.2. The topological polar surface area (TPSA) is 97.0 Å². The van der Waals surface area contributed by atoms with Crippen LogP contribution in [0.4, 0.5) is 5.69 Å². The van der Waals surface area contributed by atoms with E-state index in [-0.39, 0.29) is 15.9 Å². The first-order chi connectivity index (χ1) is 14.4. The Bertz CT molecular complexity index is 1000. The van der Waals surface area contributed by atoms with Gasteiger partial charge in [0.15, 0.2) is 5.11 Å². The normalized spacial score (nSPS) is 14.7. The number of carbonyl (C=O) groups excluding carboxylic acids is 1. The summed E-state index contributed by atoms with van der Waals surface area (Å²) >= 11 is 5.19. The summed E-state index contributed by atoms with van der Waals surface area (Å²) in [6.45, 7) is 3.82. The summed E-state index contributed by atoms with van der Waals surface area (Å²) in [6.07, 6.45) is 0. The first kappa shape index (κ1) is 22.2. The van der Waals surface area contributed by atoms with Crippen molar-refractivity contribution in [1.82, 2.24) is 9.62 Å². The molecule has 0 atom stereocenters. The second-order valence-electron chi connectivity index (χ2n) is 6.41. The van der Waals surface area contributed by atoms with Crippen molar-refractivity contribution in [3.05, 3.63) is 54.1 Å². The molecule has 0 aromatic heterocycles. The van der Waals surface area contributed by atoms with Crippen LogP contribution in [0, 0.1) is 0 Å². The van der Waals surface area contributed by atoms with Gasteiger partial charge in [-0.05, 0) is 61.6 Å². The molecule has 0 unspecified atom stereocenters. The molecule has 1 saturated heterocycles. The van der Waals surface area contributed by atoms with Gasteiger partial charge in [-0.2, -0.15) is 4.31 Å². The van der Waals surface area contributed by atoms with Crippen molar-refractivity contribution in [3.8, 4) is 5.75 Å². The van der Waals surface area contributed by atoms with Crippen LogP contribution in [0.2, 0.25) is 0 Å². The maximum Gasteiger partial charge on any atom is 0.257 e. The molecule has 0 saturated carbocycles. The van der Waals surface area contributed by atoms with E-state index in [2.05, 4.69) is 10.6 Å². The summed E-state index contributed by atoms with van der Waals surface area (Å²) in [4.78, 5) is 12.6. The minimum Gasteiger partial charge on any atom is -0.494 e. The van der Waals surface area contributed by atoms with Crippen LogP contribution >= 0.6 is 12.2 Å². The second-order valence-corrected chi connectivity index (χ2v) is 8.76. The number of carbonyl (C=O) groups is 1. The number of thiocarbonyl (C=S) groups is 1. The van der Waals surface area contributed by atoms with E-state index >= 15 is 0 Å². The summed E-state index contributed by atoms with van der Waals surface area (Å²) in [5, 5.41) is 5.58. The Morgan fingerprint density at radius 2 is 1.87 bits per heavy atom. The standard InChI is InChI=1S/C20H23N3O5S2/c1-2-28-17-5-3-4-15(14-17)19(24)22-20(29)21-16-6-8-18(9-7-16)30(25,26)23-10-12-27-13-11-23/h3-9,14H,2,10-13H2,1H3,(H2,21,22,24,29). The zero-order chi connectivity index (χ0) is 21.6. The number of hydrogen-bond donors (Lipinski definition) is 2. The molecule has 2 aromatic carbocycles. The van der Waals surface area contributed by atoms with Crippen molar-refractivity contribution >= 4 is 38.9 Å². The Kier molecular flexibility index (Phi) is 7.38. The highest BCUT2D eigenvalue weighted by Crippen LogP contribution is 2.19. The predicted octanol–water partition coefficient (Wildman–Crippen LogP) is 2.23. The lowest BCUT2D eigenvalue weighted by molar-refractivity contribution is 0.0730. The molecule has 0 radical (unpaired) electrons. The zero-order valence-electron chi connectivity index (χ0n) is 16.5. The van der Waals surface area contributed by atoms with E-state index in [1.54, 1.807) is 36.4 Å². The number of nitrogens with one attached hydrogen (secondary N) is 2. The molecule has 1 aliphatic rings. The highest BCUT2D eigenvalue weighted by Gasteiger charge is 2.26. The average molecular weight is 450 g/mol. The molecule has 8 nitrogen and oxygen atoms in total. The molecule has 10 heteroatoms. The predicted molar refractivity (Wildman–Crippen MR) is 117 cm³/mol. The van der Waals surface area contributed by atoms with Crippen LogP contribution in [0.25, 0.3) is 0 Å². The van der Waals surface area contributed by atoms with Gasteiger partial charge in [-0.25, -0.2) is 8.42 Å². The highest BCUT2D eigenvalue weighted by atomic mass is 32.2. The Labute approximate surface area is 181 Å². The summed E-state index contributed by atoms with van der Waals surface area (Å²) < 4.78 is 37.3. The number of hydrogen-bond acceptors (Lipinski definition) is 6. The molecular weight excluding hydrogens is 426 g/mol. The van der Waals surface area contributed by atoms with Crippen molar-refractivity contribution in [3.63, 3.8) is 0 Å². The van der Waals surface area contributed by atoms with Crippen LogP contribution in [0.5, 0.6) is 5.75 Å². The second kappa shape index (κ2) is 9.98. The van der Waals surface area contributed by atoms with Crippen molar-refractivity contribution in [1.29, 1.82) is 0 Å². The number of morpholine rings is 1. The minimum atomic E-state index is -3.56. The van der Waals surface area contributed by atoms with Crippen LogP contribution in [0.15, 0.2) is 53.4 Å². The maximum atomic E-state index is 12.7. The Morgan fingerprint density at radius 3 is 2.53 bits per heavy atom. The number of benzene rings is 2. The lowest BCUT2D eigenvalue weighted by Crippen LogP contribution is -2.40. The third-order valence-electron chi connectivity index (χ3n) is 4.35. The van der Waals surface area contributed by atoms with Crippen LogP contribution in [-0.2, 0) is 14.8 Å². The van der Waals surface area contributed by atoms with Gasteiger partial charge in [0.05, 0.1) is 24.7 Å². The van der Waals surface area contributed by atoms with E-state index in [1.807, 2.05) is 6.92 Å². The number of ether oxygens (including phenoxy) is 2. The van der Waals surface area contributed by atoms with Crippen LogP contribution in [-0.4, -0.2) is 56.7 Å². The minimum absolute atomic E-state index is 0.102. The van der Waals surface area contributed by atoms with E-state index in [0.29, 0.717) is 49.9 Å². The number of nitrogens with zero attached hydrogens (tertiary/aromatic N) is 1. The number of amides is 1. The van der Waals surface area contributed by atoms with Gasteiger partial charge in [-0.15, -0.1) is 0 Å². The summed E-state index contributed by atoms with van der Waals surface area (Å²) in [5.74, 6) is 0.224. The van der Waals surface area contributed by atoms with Gasteiger partial charge in [0.1, 0.15) is 5.75 Å². The number of rotatable bonds is 6. The fourth-order valence-electron chi connectivity index (χ4n) is 2.88. The fraction of sp³-hybridized carbons (Fsp3) is 0.300. The quantitative estimate of drug-likeness (QED) is 0.653. The first-order valence-corrected chi connectivity index (χ1v) is 11.3. The van der Waals surface area contributed by atoms with Crippen LogP contribution < -0.4 is 15.4 Å². The van der Waals surface area contributed by atoms with Gasteiger partial charge >= 0.3 is 0 Å². The maximum absolute atomic E-state index is 12.7.